The maximum Gasteiger partial charge on any atom is 0.335 e. The van der Waals surface area contributed by atoms with Gasteiger partial charge >= 0.3 is 5.97 Å². The number of aromatic carboxylic acids is 1. The van der Waals surface area contributed by atoms with E-state index < -0.39 is 17.6 Å². The molecular weight excluding hydrogens is 364 g/mol. The molecule has 1 saturated heterocycles. The van der Waals surface area contributed by atoms with E-state index in [1.807, 2.05) is 12.1 Å². The van der Waals surface area contributed by atoms with Gasteiger partial charge in [0.1, 0.15) is 0 Å². The molecule has 4 nitrogen and oxygen atoms in total. The van der Waals surface area contributed by atoms with Crippen LogP contribution in [0.15, 0.2) is 42.5 Å². The van der Waals surface area contributed by atoms with Crippen LogP contribution >= 0.6 is 0 Å². The number of carbonyl (C=O) groups excluding carboxylic acids is 1. The van der Waals surface area contributed by atoms with E-state index in [2.05, 4.69) is 0 Å². The summed E-state index contributed by atoms with van der Waals surface area (Å²) in [4.78, 5) is 25.5. The molecule has 148 valence electrons. The maximum absolute atomic E-state index is 13.7. The molecule has 0 bridgehead atoms. The van der Waals surface area contributed by atoms with E-state index in [-0.39, 0.29) is 24.3 Å². The second kappa shape index (κ2) is 8.95. The lowest BCUT2D eigenvalue weighted by Gasteiger charge is -2.32. The smallest absolute Gasteiger partial charge is 0.335 e. The SMILES string of the molecule is O=C(O)c1ccccc1CC1CCN(C(=O)CCc2cccc(F)c2F)CC1. The van der Waals surface area contributed by atoms with Gasteiger partial charge in [0.2, 0.25) is 5.91 Å². The van der Waals surface area contributed by atoms with Crippen LogP contribution in [0.5, 0.6) is 0 Å². The van der Waals surface area contributed by atoms with E-state index in [4.69, 9.17) is 0 Å². The number of aryl methyl sites for hydroxylation is 1. The maximum atomic E-state index is 13.7. The van der Waals surface area contributed by atoms with Gasteiger partial charge in [0.15, 0.2) is 11.6 Å². The number of likely N-dealkylation sites (tertiary alicyclic amines) is 1. The van der Waals surface area contributed by atoms with Crippen LogP contribution in [0.25, 0.3) is 0 Å². The van der Waals surface area contributed by atoms with E-state index in [0.717, 1.165) is 24.5 Å². The standard InChI is InChI=1S/C22H23F2NO3/c23-19-7-3-5-16(21(19)24)8-9-20(26)25-12-10-15(11-13-25)14-17-4-1-2-6-18(17)22(27)28/h1-7,15H,8-14H2,(H,27,28). The number of hydrogen-bond acceptors (Lipinski definition) is 2. The summed E-state index contributed by atoms with van der Waals surface area (Å²) in [5.74, 6) is -2.44. The van der Waals surface area contributed by atoms with Gasteiger partial charge in [-0.3, -0.25) is 4.79 Å². The van der Waals surface area contributed by atoms with Gasteiger partial charge in [-0.15, -0.1) is 0 Å². The van der Waals surface area contributed by atoms with Crippen molar-refractivity contribution < 1.29 is 23.5 Å². The summed E-state index contributed by atoms with van der Waals surface area (Å²) < 4.78 is 27.0. The monoisotopic (exact) mass is 387 g/mol. The highest BCUT2D eigenvalue weighted by Gasteiger charge is 2.24. The molecule has 3 rings (SSSR count). The third-order valence-corrected chi connectivity index (χ3v) is 5.36. The molecule has 0 saturated carbocycles. The number of hydrogen-bond donors (Lipinski definition) is 1. The molecule has 1 aliphatic heterocycles. The summed E-state index contributed by atoms with van der Waals surface area (Å²) in [6.45, 7) is 1.20. The van der Waals surface area contributed by atoms with Crippen LogP contribution < -0.4 is 0 Å². The van der Waals surface area contributed by atoms with Crippen molar-refractivity contribution in [1.29, 1.82) is 0 Å². The van der Waals surface area contributed by atoms with Gasteiger partial charge in [0.05, 0.1) is 5.56 Å². The Morgan fingerprint density at radius 2 is 1.68 bits per heavy atom. The van der Waals surface area contributed by atoms with Crippen molar-refractivity contribution in [1.82, 2.24) is 4.90 Å². The first-order valence-corrected chi connectivity index (χ1v) is 9.47. The Kier molecular flexibility index (Phi) is 6.39. The molecular formula is C22H23F2NO3. The van der Waals surface area contributed by atoms with Crippen LogP contribution in [0.2, 0.25) is 0 Å². The van der Waals surface area contributed by atoms with E-state index in [1.165, 1.54) is 12.1 Å². The van der Waals surface area contributed by atoms with Crippen molar-refractivity contribution in [2.75, 3.05) is 13.1 Å². The van der Waals surface area contributed by atoms with Gasteiger partial charge in [0, 0.05) is 19.5 Å². The second-order valence-electron chi connectivity index (χ2n) is 7.20. The third-order valence-electron chi connectivity index (χ3n) is 5.36. The first kappa shape index (κ1) is 20.0. The Bertz CT molecular complexity index is 861. The van der Waals surface area contributed by atoms with Crippen molar-refractivity contribution >= 4 is 11.9 Å². The van der Waals surface area contributed by atoms with Crippen LogP contribution in [0.3, 0.4) is 0 Å². The first-order valence-electron chi connectivity index (χ1n) is 9.47. The summed E-state index contributed by atoms with van der Waals surface area (Å²) >= 11 is 0. The largest absolute Gasteiger partial charge is 0.478 e. The average Bonchev–Trinajstić information content (AvgIpc) is 2.69. The molecule has 0 spiro atoms. The van der Waals surface area contributed by atoms with Gasteiger partial charge < -0.3 is 10.0 Å². The Balaban J connectivity index is 1.50. The van der Waals surface area contributed by atoms with E-state index in [0.29, 0.717) is 31.0 Å². The molecule has 1 N–H and O–H groups in total. The number of nitrogens with zero attached hydrogens (tertiary/aromatic N) is 1. The molecule has 6 heteroatoms. The zero-order valence-corrected chi connectivity index (χ0v) is 15.5. The molecule has 0 aliphatic carbocycles. The van der Waals surface area contributed by atoms with Gasteiger partial charge in [-0.2, -0.15) is 0 Å². The van der Waals surface area contributed by atoms with E-state index >= 15 is 0 Å². The van der Waals surface area contributed by atoms with Crippen molar-refractivity contribution in [3.8, 4) is 0 Å². The number of piperidine rings is 1. The Morgan fingerprint density at radius 1 is 1.00 bits per heavy atom. The predicted molar refractivity (Wildman–Crippen MR) is 101 cm³/mol. The lowest BCUT2D eigenvalue weighted by Crippen LogP contribution is -2.39. The molecule has 0 unspecified atom stereocenters. The van der Waals surface area contributed by atoms with Gasteiger partial charge in [-0.25, -0.2) is 13.6 Å². The fraction of sp³-hybridized carbons (Fsp3) is 0.364. The Morgan fingerprint density at radius 3 is 2.39 bits per heavy atom. The number of halogens is 2. The van der Waals surface area contributed by atoms with Crippen LogP contribution in [-0.4, -0.2) is 35.0 Å². The number of benzene rings is 2. The Hall–Kier alpha value is -2.76. The molecule has 2 aromatic rings. The molecule has 0 aromatic heterocycles. The highest BCUT2D eigenvalue weighted by Crippen LogP contribution is 2.24. The predicted octanol–water partition coefficient (Wildman–Crippen LogP) is 4.08. The van der Waals surface area contributed by atoms with Crippen LogP contribution in [0, 0.1) is 17.6 Å². The van der Waals surface area contributed by atoms with E-state index in [1.54, 1.807) is 17.0 Å². The third kappa shape index (κ3) is 4.74. The van der Waals surface area contributed by atoms with Crippen molar-refractivity contribution in [3.63, 3.8) is 0 Å². The fourth-order valence-electron chi connectivity index (χ4n) is 3.75. The fourth-order valence-corrected chi connectivity index (χ4v) is 3.75. The zero-order chi connectivity index (χ0) is 20.1. The minimum Gasteiger partial charge on any atom is -0.478 e. The number of carboxylic acids is 1. The molecule has 2 aromatic carbocycles. The van der Waals surface area contributed by atoms with Crippen LogP contribution in [-0.2, 0) is 17.6 Å². The summed E-state index contributed by atoms with van der Waals surface area (Å²) in [5, 5.41) is 9.30. The summed E-state index contributed by atoms with van der Waals surface area (Å²) in [5.41, 5.74) is 1.37. The minimum absolute atomic E-state index is 0.0620. The van der Waals surface area contributed by atoms with Gasteiger partial charge in [-0.1, -0.05) is 30.3 Å². The summed E-state index contributed by atoms with van der Waals surface area (Å²) in [7, 11) is 0. The Labute approximate surface area is 162 Å². The molecule has 28 heavy (non-hydrogen) atoms. The molecule has 1 aliphatic rings. The highest BCUT2D eigenvalue weighted by molar-refractivity contribution is 5.89. The summed E-state index contributed by atoms with van der Waals surface area (Å²) in [6, 6.07) is 11.0. The van der Waals surface area contributed by atoms with Crippen molar-refractivity contribution in [2.24, 2.45) is 5.92 Å². The topological polar surface area (TPSA) is 57.6 Å². The first-order chi connectivity index (χ1) is 13.5. The quantitative estimate of drug-likeness (QED) is 0.813. The van der Waals surface area contributed by atoms with Crippen LogP contribution in [0.4, 0.5) is 8.78 Å². The normalized spacial score (nSPS) is 14.9. The number of carboxylic acid groups (broad SMARTS) is 1. The number of amides is 1. The van der Waals surface area contributed by atoms with Crippen molar-refractivity contribution in [3.05, 3.63) is 70.8 Å². The highest BCUT2D eigenvalue weighted by atomic mass is 19.2. The number of carbonyl (C=O) groups is 2. The van der Waals surface area contributed by atoms with Gasteiger partial charge in [0.25, 0.3) is 0 Å². The lowest BCUT2D eigenvalue weighted by molar-refractivity contribution is -0.132. The molecule has 1 fully saturated rings. The average molecular weight is 387 g/mol. The lowest BCUT2D eigenvalue weighted by atomic mass is 9.88. The summed E-state index contributed by atoms with van der Waals surface area (Å²) in [6.07, 6.45) is 2.60. The molecule has 0 atom stereocenters. The minimum atomic E-state index is -0.923. The molecule has 1 amide bonds. The molecule has 0 radical (unpaired) electrons. The second-order valence-corrected chi connectivity index (χ2v) is 7.20. The van der Waals surface area contributed by atoms with Crippen LogP contribution in [0.1, 0.15) is 40.7 Å². The van der Waals surface area contributed by atoms with E-state index in [9.17, 15) is 23.5 Å². The van der Waals surface area contributed by atoms with Gasteiger partial charge in [-0.05, 0) is 54.9 Å². The zero-order valence-electron chi connectivity index (χ0n) is 15.5. The van der Waals surface area contributed by atoms with Crippen molar-refractivity contribution in [2.45, 2.75) is 32.1 Å². The number of rotatable bonds is 6. The molecule has 1 heterocycles.